The Balaban J connectivity index is 1.72. The van der Waals surface area contributed by atoms with Crippen molar-refractivity contribution >= 4 is 34.8 Å². The van der Waals surface area contributed by atoms with Crippen LogP contribution in [0.5, 0.6) is 0 Å². The minimum absolute atomic E-state index is 0.0391. The largest absolute Gasteiger partial charge is 0.323 e. The Bertz CT molecular complexity index is 828. The van der Waals surface area contributed by atoms with E-state index in [9.17, 15) is 14.0 Å². The second kappa shape index (κ2) is 7.21. The number of hydrogen-bond donors (Lipinski definition) is 2. The van der Waals surface area contributed by atoms with E-state index >= 15 is 0 Å². The second-order valence-corrected chi connectivity index (χ2v) is 6.18. The molecule has 2 aromatic rings. The van der Waals surface area contributed by atoms with Crippen molar-refractivity contribution < 1.29 is 14.0 Å². The van der Waals surface area contributed by atoms with E-state index in [1.54, 1.807) is 43.3 Å². The van der Waals surface area contributed by atoms with Crippen LogP contribution in [0.4, 0.5) is 15.8 Å². The van der Waals surface area contributed by atoms with Gasteiger partial charge >= 0.3 is 0 Å². The van der Waals surface area contributed by atoms with Crippen LogP contribution in [0.2, 0.25) is 5.02 Å². The Morgan fingerprint density at radius 1 is 1.32 bits per heavy atom. The number of fused-ring (bicyclic) bond motifs is 1. The first-order valence-electron chi connectivity index (χ1n) is 7.84. The first-order chi connectivity index (χ1) is 12.0. The second-order valence-electron chi connectivity index (χ2n) is 5.81. The lowest BCUT2D eigenvalue weighted by atomic mass is 10.1. The highest BCUT2D eigenvalue weighted by atomic mass is 35.5. The molecule has 0 radical (unpaired) electrons. The monoisotopic (exact) mass is 361 g/mol. The minimum Gasteiger partial charge on any atom is -0.323 e. The molecule has 2 amide bonds. The van der Waals surface area contributed by atoms with Gasteiger partial charge in [-0.2, -0.15) is 0 Å². The summed E-state index contributed by atoms with van der Waals surface area (Å²) in [5, 5.41) is 5.82. The molecule has 130 valence electrons. The number of nitrogens with one attached hydrogen (secondary N) is 2. The van der Waals surface area contributed by atoms with Crippen LogP contribution in [0.3, 0.4) is 0 Å². The molecule has 1 unspecified atom stereocenters. The summed E-state index contributed by atoms with van der Waals surface area (Å²) in [4.78, 5) is 26.0. The summed E-state index contributed by atoms with van der Waals surface area (Å²) in [5.74, 6) is -0.983. The van der Waals surface area contributed by atoms with Gasteiger partial charge in [-0.25, -0.2) is 4.39 Å². The molecular weight excluding hydrogens is 345 g/mol. The highest BCUT2D eigenvalue weighted by Crippen LogP contribution is 2.29. The first-order valence-corrected chi connectivity index (χ1v) is 8.21. The summed E-state index contributed by atoms with van der Waals surface area (Å²) < 4.78 is 13.5. The number of anilines is 2. The molecule has 0 saturated carbocycles. The van der Waals surface area contributed by atoms with Gasteiger partial charge in [0.2, 0.25) is 11.8 Å². The van der Waals surface area contributed by atoms with Crippen LogP contribution in [-0.4, -0.2) is 24.4 Å². The zero-order chi connectivity index (χ0) is 18.0. The molecule has 2 aromatic carbocycles. The van der Waals surface area contributed by atoms with Crippen molar-refractivity contribution in [1.29, 1.82) is 0 Å². The molecule has 7 heteroatoms. The van der Waals surface area contributed by atoms with Gasteiger partial charge in [-0.1, -0.05) is 35.9 Å². The smallest absolute Gasteiger partial charge is 0.244 e. The van der Waals surface area contributed by atoms with Crippen molar-refractivity contribution in [3.05, 3.63) is 58.9 Å². The lowest BCUT2D eigenvalue weighted by Gasteiger charge is -2.31. The molecule has 1 heterocycles. The van der Waals surface area contributed by atoms with Gasteiger partial charge in [0.25, 0.3) is 0 Å². The average Bonchev–Trinajstić information content (AvgIpc) is 2.61. The van der Waals surface area contributed by atoms with Gasteiger partial charge in [0.15, 0.2) is 0 Å². The zero-order valence-corrected chi connectivity index (χ0v) is 14.3. The Labute approximate surface area is 149 Å². The van der Waals surface area contributed by atoms with Gasteiger partial charge in [0.05, 0.1) is 22.4 Å². The number of nitrogens with zero attached hydrogens (tertiary/aromatic N) is 1. The van der Waals surface area contributed by atoms with E-state index in [1.807, 2.05) is 0 Å². The van der Waals surface area contributed by atoms with Crippen molar-refractivity contribution in [2.75, 3.05) is 16.8 Å². The molecule has 0 aliphatic carbocycles. The fourth-order valence-electron chi connectivity index (χ4n) is 2.70. The van der Waals surface area contributed by atoms with Crippen LogP contribution >= 0.6 is 11.6 Å². The molecule has 0 spiro atoms. The molecule has 5 nitrogen and oxygen atoms in total. The average molecular weight is 362 g/mol. The van der Waals surface area contributed by atoms with Crippen molar-refractivity contribution in [2.45, 2.75) is 19.5 Å². The third-order valence-corrected chi connectivity index (χ3v) is 4.46. The van der Waals surface area contributed by atoms with E-state index < -0.39 is 11.9 Å². The standard InChI is InChI=1S/C18H17ClFN3O2/c1-11(21-9-12-5-4-6-13(20)17(12)19)18(25)23-10-16(24)22-14-7-2-3-8-15(14)23/h2-8,11,21H,9-10H2,1H3,(H,22,24). The van der Waals surface area contributed by atoms with E-state index in [0.717, 1.165) is 0 Å². The Hall–Kier alpha value is -2.44. The molecule has 1 atom stereocenters. The van der Waals surface area contributed by atoms with Gasteiger partial charge in [0, 0.05) is 6.54 Å². The molecular formula is C18H17ClFN3O2. The van der Waals surface area contributed by atoms with Gasteiger partial charge in [0.1, 0.15) is 12.4 Å². The lowest BCUT2D eigenvalue weighted by molar-refractivity contribution is -0.123. The van der Waals surface area contributed by atoms with Gasteiger partial charge < -0.3 is 10.6 Å². The summed E-state index contributed by atoms with van der Waals surface area (Å²) in [7, 11) is 0. The van der Waals surface area contributed by atoms with E-state index in [2.05, 4.69) is 10.6 Å². The summed E-state index contributed by atoms with van der Waals surface area (Å²) in [6.45, 7) is 1.90. The fourth-order valence-corrected chi connectivity index (χ4v) is 2.89. The Kier molecular flexibility index (Phi) is 5.01. The Morgan fingerprint density at radius 3 is 2.88 bits per heavy atom. The van der Waals surface area contributed by atoms with Crippen LogP contribution in [0, 0.1) is 5.82 Å². The molecule has 0 aromatic heterocycles. The van der Waals surface area contributed by atoms with Crippen LogP contribution in [0.1, 0.15) is 12.5 Å². The number of amides is 2. The number of hydrogen-bond acceptors (Lipinski definition) is 3. The van der Waals surface area contributed by atoms with Crippen LogP contribution in [0.15, 0.2) is 42.5 Å². The summed E-state index contributed by atoms with van der Waals surface area (Å²) >= 11 is 5.93. The van der Waals surface area contributed by atoms with E-state index in [1.165, 1.54) is 11.0 Å². The van der Waals surface area contributed by atoms with Crippen LogP contribution in [-0.2, 0) is 16.1 Å². The predicted octanol–water partition coefficient (Wildman–Crippen LogP) is 2.94. The topological polar surface area (TPSA) is 61.4 Å². The third-order valence-electron chi connectivity index (χ3n) is 4.04. The van der Waals surface area contributed by atoms with Crippen molar-refractivity contribution in [1.82, 2.24) is 5.32 Å². The molecule has 0 bridgehead atoms. The summed E-state index contributed by atoms with van der Waals surface area (Å²) in [6, 6.07) is 11.1. The third kappa shape index (κ3) is 3.65. The summed E-state index contributed by atoms with van der Waals surface area (Å²) in [6.07, 6.45) is 0. The zero-order valence-electron chi connectivity index (χ0n) is 13.6. The highest BCUT2D eigenvalue weighted by molar-refractivity contribution is 6.31. The minimum atomic E-state index is -0.571. The lowest BCUT2D eigenvalue weighted by Crippen LogP contribution is -2.49. The predicted molar refractivity (Wildman–Crippen MR) is 95.1 cm³/mol. The summed E-state index contributed by atoms with van der Waals surface area (Å²) in [5.41, 5.74) is 1.83. The van der Waals surface area contributed by atoms with Crippen molar-refractivity contribution in [3.63, 3.8) is 0 Å². The van der Waals surface area contributed by atoms with Gasteiger partial charge in [-0.05, 0) is 30.7 Å². The quantitative estimate of drug-likeness (QED) is 0.880. The van der Waals surface area contributed by atoms with Crippen molar-refractivity contribution in [2.24, 2.45) is 0 Å². The molecule has 1 aliphatic heterocycles. The highest BCUT2D eigenvalue weighted by Gasteiger charge is 2.29. The molecule has 3 rings (SSSR count). The number of carbonyl (C=O) groups is 2. The van der Waals surface area contributed by atoms with Crippen molar-refractivity contribution in [3.8, 4) is 0 Å². The number of carbonyl (C=O) groups excluding carboxylic acids is 2. The molecule has 25 heavy (non-hydrogen) atoms. The van der Waals surface area contributed by atoms with E-state index in [-0.39, 0.29) is 29.9 Å². The SMILES string of the molecule is CC(NCc1cccc(F)c1Cl)C(=O)N1CC(=O)Nc2ccccc21. The number of halogens is 2. The number of para-hydroxylation sites is 2. The van der Waals surface area contributed by atoms with E-state index in [0.29, 0.717) is 16.9 Å². The number of rotatable bonds is 4. The normalized spacial score (nSPS) is 14.7. The maximum absolute atomic E-state index is 13.5. The molecule has 1 aliphatic rings. The maximum atomic E-state index is 13.5. The van der Waals surface area contributed by atoms with Crippen LogP contribution < -0.4 is 15.5 Å². The maximum Gasteiger partial charge on any atom is 0.244 e. The molecule has 0 fully saturated rings. The fraction of sp³-hybridized carbons (Fsp3) is 0.222. The van der Waals surface area contributed by atoms with Gasteiger partial charge in [-0.15, -0.1) is 0 Å². The molecule has 2 N–H and O–H groups in total. The van der Waals surface area contributed by atoms with E-state index in [4.69, 9.17) is 11.6 Å². The Morgan fingerprint density at radius 2 is 2.08 bits per heavy atom. The molecule has 0 saturated heterocycles. The number of benzene rings is 2. The first kappa shape index (κ1) is 17.4. The van der Waals surface area contributed by atoms with Crippen LogP contribution in [0.25, 0.3) is 0 Å². The van der Waals surface area contributed by atoms with Gasteiger partial charge in [-0.3, -0.25) is 14.5 Å².